The van der Waals surface area contributed by atoms with Gasteiger partial charge in [0.1, 0.15) is 17.4 Å². The van der Waals surface area contributed by atoms with Gasteiger partial charge >= 0.3 is 0 Å². The molecule has 5 nitrogen and oxygen atoms in total. The Labute approximate surface area is 174 Å². The van der Waals surface area contributed by atoms with Crippen LogP contribution in [-0.2, 0) is 9.59 Å². The molecule has 0 aromatic heterocycles. The van der Waals surface area contributed by atoms with E-state index in [-0.39, 0.29) is 23.4 Å². The normalized spacial score (nSPS) is 18.4. The van der Waals surface area contributed by atoms with Crippen molar-refractivity contribution in [3.63, 3.8) is 0 Å². The van der Waals surface area contributed by atoms with Crippen molar-refractivity contribution in [3.8, 4) is 0 Å². The van der Waals surface area contributed by atoms with Gasteiger partial charge in [-0.1, -0.05) is 26.0 Å². The van der Waals surface area contributed by atoms with Crippen molar-refractivity contribution >= 4 is 17.4 Å². The summed E-state index contributed by atoms with van der Waals surface area (Å²) in [6.45, 7) is 6.41. The molecule has 2 aromatic carbocycles. The lowest BCUT2D eigenvalue weighted by atomic mass is 9.95. The molecule has 30 heavy (non-hydrogen) atoms. The van der Waals surface area contributed by atoms with E-state index < -0.39 is 29.4 Å². The number of hydrogen-bond donors (Lipinski definition) is 1. The molecule has 1 amide bonds. The number of amides is 1. The van der Waals surface area contributed by atoms with E-state index >= 15 is 0 Å². The second-order valence-electron chi connectivity index (χ2n) is 7.08. The SMILES string of the molecule is CCN(CC)CCN1C(=O)C(=O)C(=C(O)c2ccc(F)cc2)[C@@H]1c1ccc(F)cc1. The first-order valence-electron chi connectivity index (χ1n) is 9.89. The van der Waals surface area contributed by atoms with Crippen molar-refractivity contribution in [3.05, 3.63) is 76.9 Å². The fourth-order valence-electron chi connectivity index (χ4n) is 3.65. The van der Waals surface area contributed by atoms with Crippen LogP contribution >= 0.6 is 0 Å². The van der Waals surface area contributed by atoms with Crippen LogP contribution in [-0.4, -0.2) is 52.8 Å². The molecule has 0 bridgehead atoms. The lowest BCUT2D eigenvalue weighted by Crippen LogP contribution is -2.38. The number of halogens is 2. The van der Waals surface area contributed by atoms with Gasteiger partial charge in [0.15, 0.2) is 0 Å². The fourth-order valence-corrected chi connectivity index (χ4v) is 3.65. The van der Waals surface area contributed by atoms with Gasteiger partial charge in [0.2, 0.25) is 0 Å². The van der Waals surface area contributed by atoms with Crippen molar-refractivity contribution in [2.75, 3.05) is 26.2 Å². The number of carbonyl (C=O) groups is 2. The van der Waals surface area contributed by atoms with Crippen molar-refractivity contribution in [2.24, 2.45) is 0 Å². The third-order valence-corrected chi connectivity index (χ3v) is 5.39. The van der Waals surface area contributed by atoms with Gasteiger partial charge in [-0.3, -0.25) is 9.59 Å². The standard InChI is InChI=1S/C23H24F2N2O3/c1-3-26(4-2)13-14-27-20(15-5-9-17(24)10-6-15)19(22(29)23(27)30)21(28)16-7-11-18(25)12-8-16/h5-12,20,28H,3-4,13-14H2,1-2H3/t20-/m0/s1. The second kappa shape index (κ2) is 9.17. The molecule has 0 radical (unpaired) electrons. The number of benzene rings is 2. The number of hydrogen-bond acceptors (Lipinski definition) is 4. The van der Waals surface area contributed by atoms with Gasteiger partial charge < -0.3 is 14.9 Å². The maximum absolute atomic E-state index is 13.5. The number of ketones is 1. The number of rotatable bonds is 7. The van der Waals surface area contributed by atoms with E-state index in [2.05, 4.69) is 4.90 Å². The lowest BCUT2D eigenvalue weighted by Gasteiger charge is -2.28. The first-order valence-corrected chi connectivity index (χ1v) is 9.89. The summed E-state index contributed by atoms with van der Waals surface area (Å²) in [5.74, 6) is -2.85. The van der Waals surface area contributed by atoms with Crippen molar-refractivity contribution in [2.45, 2.75) is 19.9 Å². The van der Waals surface area contributed by atoms with Crippen LogP contribution in [0.2, 0.25) is 0 Å². The summed E-state index contributed by atoms with van der Waals surface area (Å²) < 4.78 is 26.8. The highest BCUT2D eigenvalue weighted by Crippen LogP contribution is 2.39. The van der Waals surface area contributed by atoms with E-state index in [1.165, 1.54) is 53.4 Å². The van der Waals surface area contributed by atoms with Crippen LogP contribution in [0.25, 0.3) is 5.76 Å². The minimum atomic E-state index is -0.855. The van der Waals surface area contributed by atoms with Crippen molar-refractivity contribution in [1.82, 2.24) is 9.80 Å². The maximum Gasteiger partial charge on any atom is 0.295 e. The van der Waals surface area contributed by atoms with Gasteiger partial charge in [-0.2, -0.15) is 0 Å². The molecule has 1 fully saturated rings. The molecular formula is C23H24F2N2O3. The van der Waals surface area contributed by atoms with Crippen LogP contribution in [0.3, 0.4) is 0 Å². The Kier molecular flexibility index (Phi) is 6.62. The molecule has 1 atom stereocenters. The average molecular weight is 414 g/mol. The Morgan fingerprint density at radius 2 is 1.50 bits per heavy atom. The molecule has 1 aliphatic heterocycles. The highest BCUT2D eigenvalue weighted by molar-refractivity contribution is 6.46. The van der Waals surface area contributed by atoms with Crippen LogP contribution in [0.5, 0.6) is 0 Å². The highest BCUT2D eigenvalue weighted by atomic mass is 19.1. The second-order valence-corrected chi connectivity index (χ2v) is 7.08. The Balaban J connectivity index is 2.08. The summed E-state index contributed by atoms with van der Waals surface area (Å²) >= 11 is 0. The number of Topliss-reactive ketones (excluding diaryl/α,β-unsaturated/α-hetero) is 1. The number of aliphatic hydroxyl groups is 1. The molecule has 3 rings (SSSR count). The molecule has 0 saturated carbocycles. The Morgan fingerprint density at radius 3 is 2.03 bits per heavy atom. The molecule has 1 heterocycles. The number of carbonyl (C=O) groups excluding carboxylic acids is 2. The predicted molar refractivity (Wildman–Crippen MR) is 110 cm³/mol. The molecule has 0 aliphatic carbocycles. The van der Waals surface area contributed by atoms with E-state index in [9.17, 15) is 23.5 Å². The number of likely N-dealkylation sites (N-methyl/N-ethyl adjacent to an activating group) is 1. The quantitative estimate of drug-likeness (QED) is 0.426. The van der Waals surface area contributed by atoms with E-state index in [0.717, 1.165) is 13.1 Å². The smallest absolute Gasteiger partial charge is 0.295 e. The summed E-state index contributed by atoms with van der Waals surface area (Å²) in [5.41, 5.74) is 0.654. The number of nitrogens with zero attached hydrogens (tertiary/aromatic N) is 2. The van der Waals surface area contributed by atoms with E-state index in [4.69, 9.17) is 0 Å². The lowest BCUT2D eigenvalue weighted by molar-refractivity contribution is -0.140. The zero-order valence-corrected chi connectivity index (χ0v) is 16.9. The summed E-state index contributed by atoms with van der Waals surface area (Å²) in [6, 6.07) is 9.64. The monoisotopic (exact) mass is 414 g/mol. The highest BCUT2D eigenvalue weighted by Gasteiger charge is 2.45. The van der Waals surface area contributed by atoms with Gasteiger partial charge in [0, 0.05) is 18.7 Å². The fraction of sp³-hybridized carbons (Fsp3) is 0.304. The molecule has 1 N–H and O–H groups in total. The Hall–Kier alpha value is -3.06. The molecule has 1 saturated heterocycles. The number of likely N-dealkylation sites (tertiary alicyclic amines) is 1. The van der Waals surface area contributed by atoms with Crippen LogP contribution in [0.1, 0.15) is 31.0 Å². The van der Waals surface area contributed by atoms with Crippen LogP contribution in [0.15, 0.2) is 54.1 Å². The van der Waals surface area contributed by atoms with Gasteiger partial charge in [-0.25, -0.2) is 8.78 Å². The average Bonchev–Trinajstić information content (AvgIpc) is 3.00. The molecule has 7 heteroatoms. The van der Waals surface area contributed by atoms with E-state index in [1.807, 2.05) is 13.8 Å². The van der Waals surface area contributed by atoms with E-state index in [1.54, 1.807) is 0 Å². The molecule has 2 aromatic rings. The van der Waals surface area contributed by atoms with Crippen LogP contribution in [0.4, 0.5) is 8.78 Å². The summed E-state index contributed by atoms with van der Waals surface area (Å²) in [6.07, 6.45) is 0. The Bertz CT molecular complexity index is 951. The molecule has 0 unspecified atom stereocenters. The first-order chi connectivity index (χ1) is 14.4. The molecule has 0 spiro atoms. The maximum atomic E-state index is 13.5. The zero-order valence-electron chi connectivity index (χ0n) is 16.9. The van der Waals surface area contributed by atoms with Gasteiger partial charge in [-0.15, -0.1) is 0 Å². The van der Waals surface area contributed by atoms with Crippen molar-refractivity contribution in [1.29, 1.82) is 0 Å². The van der Waals surface area contributed by atoms with Crippen LogP contribution in [0, 0.1) is 11.6 Å². The summed E-state index contributed by atoms with van der Waals surface area (Å²) in [5, 5.41) is 10.8. The van der Waals surface area contributed by atoms with Gasteiger partial charge in [-0.05, 0) is 55.1 Å². The third kappa shape index (κ3) is 4.26. The first kappa shape index (κ1) is 21.6. The summed E-state index contributed by atoms with van der Waals surface area (Å²) in [7, 11) is 0. The van der Waals surface area contributed by atoms with Gasteiger partial charge in [0.25, 0.3) is 11.7 Å². The van der Waals surface area contributed by atoms with Crippen LogP contribution < -0.4 is 0 Å². The summed E-state index contributed by atoms with van der Waals surface area (Å²) in [4.78, 5) is 29.2. The molecule has 1 aliphatic rings. The van der Waals surface area contributed by atoms with E-state index in [0.29, 0.717) is 12.1 Å². The van der Waals surface area contributed by atoms with Gasteiger partial charge in [0.05, 0.1) is 11.6 Å². The number of aliphatic hydroxyl groups excluding tert-OH is 1. The Morgan fingerprint density at radius 1 is 0.967 bits per heavy atom. The molecule has 158 valence electrons. The minimum Gasteiger partial charge on any atom is -0.507 e. The zero-order chi connectivity index (χ0) is 21.8. The largest absolute Gasteiger partial charge is 0.507 e. The molecular weight excluding hydrogens is 390 g/mol. The third-order valence-electron chi connectivity index (χ3n) is 5.39. The predicted octanol–water partition coefficient (Wildman–Crippen LogP) is 3.73. The minimum absolute atomic E-state index is 0.0854. The van der Waals surface area contributed by atoms with Crippen molar-refractivity contribution < 1.29 is 23.5 Å². The topological polar surface area (TPSA) is 60.9 Å².